The van der Waals surface area contributed by atoms with Crippen molar-refractivity contribution in [1.82, 2.24) is 9.55 Å². The Morgan fingerprint density at radius 3 is 2.21 bits per heavy atom. The van der Waals surface area contributed by atoms with Gasteiger partial charge in [-0.25, -0.2) is 13.4 Å². The number of unbranched alkanes of at least 4 members (excludes halogenated alkanes) is 7. The minimum atomic E-state index is -3.57. The summed E-state index contributed by atoms with van der Waals surface area (Å²) < 4.78 is 28.3. The molecular weight excluding hydrogens is 434 g/mol. The van der Waals surface area contributed by atoms with Crippen LogP contribution in [0, 0.1) is 0 Å². The predicted octanol–water partition coefficient (Wildman–Crippen LogP) is 6.11. The summed E-state index contributed by atoms with van der Waals surface area (Å²) in [7, 11) is -3.57. The zero-order valence-corrected chi connectivity index (χ0v) is 20.5. The van der Waals surface area contributed by atoms with Gasteiger partial charge < -0.3 is 9.88 Å². The van der Waals surface area contributed by atoms with Crippen LogP contribution in [0.4, 0.5) is 5.69 Å². The summed E-state index contributed by atoms with van der Waals surface area (Å²) in [4.78, 5) is 16.1. The van der Waals surface area contributed by atoms with Crippen LogP contribution in [-0.2, 0) is 26.9 Å². The zero-order chi connectivity index (χ0) is 23.7. The Hall–Kier alpha value is -2.67. The van der Waals surface area contributed by atoms with E-state index in [0.717, 1.165) is 30.4 Å². The lowest BCUT2D eigenvalue weighted by Crippen LogP contribution is -2.12. The monoisotopic (exact) mass is 469 g/mol. The summed E-state index contributed by atoms with van der Waals surface area (Å²) in [5.41, 5.74) is 2.37. The normalized spacial score (nSPS) is 11.7. The molecule has 0 bridgehead atoms. The van der Waals surface area contributed by atoms with E-state index in [2.05, 4.69) is 21.8 Å². The van der Waals surface area contributed by atoms with E-state index in [1.807, 2.05) is 24.3 Å². The average molecular weight is 470 g/mol. The molecule has 2 aromatic carbocycles. The molecule has 0 saturated heterocycles. The number of anilines is 1. The van der Waals surface area contributed by atoms with Gasteiger partial charge >= 0.3 is 0 Å². The Morgan fingerprint density at radius 1 is 0.909 bits per heavy atom. The van der Waals surface area contributed by atoms with E-state index in [1.54, 1.807) is 12.1 Å². The molecule has 0 spiro atoms. The second-order valence-corrected chi connectivity index (χ2v) is 10.6. The van der Waals surface area contributed by atoms with E-state index in [9.17, 15) is 13.2 Å². The highest BCUT2D eigenvalue weighted by molar-refractivity contribution is 7.90. The number of imidazole rings is 1. The molecule has 0 aliphatic rings. The van der Waals surface area contributed by atoms with E-state index in [0.29, 0.717) is 11.5 Å². The number of nitrogens with zero attached hydrogens (tertiary/aromatic N) is 2. The number of aryl methyl sites for hydroxylation is 1. The molecule has 0 atom stereocenters. The molecule has 6 nitrogen and oxygen atoms in total. The maximum Gasteiger partial charge on any atom is 0.221 e. The van der Waals surface area contributed by atoms with Crippen LogP contribution >= 0.6 is 0 Å². The molecule has 3 aromatic rings. The molecule has 33 heavy (non-hydrogen) atoms. The number of fused-ring (bicyclic) bond motifs is 1. The van der Waals surface area contributed by atoms with Gasteiger partial charge in [0.2, 0.25) is 5.91 Å². The van der Waals surface area contributed by atoms with Crippen molar-refractivity contribution in [1.29, 1.82) is 0 Å². The number of rotatable bonds is 13. The van der Waals surface area contributed by atoms with E-state index < -0.39 is 9.84 Å². The number of carbonyl (C=O) groups excluding carboxylic acids is 1. The fourth-order valence-corrected chi connectivity index (χ4v) is 5.37. The van der Waals surface area contributed by atoms with E-state index in [1.165, 1.54) is 57.6 Å². The maximum absolute atomic E-state index is 13.1. The Morgan fingerprint density at radius 2 is 1.55 bits per heavy atom. The van der Waals surface area contributed by atoms with Gasteiger partial charge in [0.05, 0.1) is 15.9 Å². The summed E-state index contributed by atoms with van der Waals surface area (Å²) in [6, 6.07) is 14.1. The molecule has 1 N–H and O–H groups in total. The van der Waals surface area contributed by atoms with Gasteiger partial charge in [0.1, 0.15) is 11.6 Å². The second-order valence-electron chi connectivity index (χ2n) is 8.61. The first-order chi connectivity index (χ1) is 15.9. The number of para-hydroxylation sites is 2. The fraction of sp³-hybridized carbons (Fsp3) is 0.462. The highest BCUT2D eigenvalue weighted by Crippen LogP contribution is 2.23. The van der Waals surface area contributed by atoms with Crippen LogP contribution in [0.1, 0.15) is 71.0 Å². The lowest BCUT2D eigenvalue weighted by atomic mass is 10.1. The number of amides is 1. The van der Waals surface area contributed by atoms with Gasteiger partial charge in [-0.1, -0.05) is 64.0 Å². The number of carbonyl (C=O) groups is 1. The van der Waals surface area contributed by atoms with Gasteiger partial charge in [-0.3, -0.25) is 4.79 Å². The largest absolute Gasteiger partial charge is 0.327 e. The minimum Gasteiger partial charge on any atom is -0.327 e. The van der Waals surface area contributed by atoms with Crippen LogP contribution in [0.25, 0.3) is 11.0 Å². The molecule has 0 aliphatic carbocycles. The van der Waals surface area contributed by atoms with Crippen molar-refractivity contribution in [3.63, 3.8) is 0 Å². The van der Waals surface area contributed by atoms with Crippen LogP contribution in [0.3, 0.4) is 0 Å². The fourth-order valence-electron chi connectivity index (χ4n) is 4.09. The van der Waals surface area contributed by atoms with Crippen LogP contribution in [-0.4, -0.2) is 23.9 Å². The van der Waals surface area contributed by atoms with Crippen molar-refractivity contribution in [2.75, 3.05) is 5.32 Å². The zero-order valence-electron chi connectivity index (χ0n) is 19.7. The first kappa shape index (κ1) is 25.0. The molecule has 1 aromatic heterocycles. The third-order valence-electron chi connectivity index (χ3n) is 5.82. The number of nitrogens with one attached hydrogen (secondary N) is 1. The summed E-state index contributed by atoms with van der Waals surface area (Å²) >= 11 is 0. The van der Waals surface area contributed by atoms with Crippen molar-refractivity contribution >= 4 is 32.5 Å². The lowest BCUT2D eigenvalue weighted by Gasteiger charge is -2.11. The average Bonchev–Trinajstić information content (AvgIpc) is 3.12. The quantitative estimate of drug-likeness (QED) is 0.306. The first-order valence-electron chi connectivity index (χ1n) is 12.0. The summed E-state index contributed by atoms with van der Waals surface area (Å²) in [5, 5.41) is 2.66. The number of benzene rings is 2. The second kappa shape index (κ2) is 12.0. The van der Waals surface area contributed by atoms with Crippen molar-refractivity contribution in [3.8, 4) is 0 Å². The summed E-state index contributed by atoms with van der Waals surface area (Å²) in [6.45, 7) is 4.41. The summed E-state index contributed by atoms with van der Waals surface area (Å²) in [6.07, 6.45) is 9.81. The van der Waals surface area contributed by atoms with Crippen LogP contribution in [0.2, 0.25) is 0 Å². The van der Waals surface area contributed by atoms with Gasteiger partial charge in [0.15, 0.2) is 9.84 Å². The van der Waals surface area contributed by atoms with Crippen LogP contribution in [0.5, 0.6) is 0 Å². The SMILES string of the molecule is CCCCCCCCCCn1c(CS(=O)(=O)c2ccc(NC(C)=O)cc2)nc2ccccc21. The number of hydrogen-bond acceptors (Lipinski definition) is 4. The van der Waals surface area contributed by atoms with Gasteiger partial charge in [0, 0.05) is 19.2 Å². The Balaban J connectivity index is 1.70. The van der Waals surface area contributed by atoms with E-state index in [4.69, 9.17) is 0 Å². The molecular formula is C26H35N3O3S. The van der Waals surface area contributed by atoms with Crippen LogP contribution < -0.4 is 5.32 Å². The molecule has 3 rings (SSSR count). The lowest BCUT2D eigenvalue weighted by molar-refractivity contribution is -0.114. The summed E-state index contributed by atoms with van der Waals surface area (Å²) in [5.74, 6) is 0.225. The van der Waals surface area contributed by atoms with E-state index >= 15 is 0 Å². The standard InChI is InChI=1S/C26H35N3O3S/c1-3-4-5-6-7-8-9-12-19-29-25-14-11-10-13-24(25)28-26(29)20-33(31,32)23-17-15-22(16-18-23)27-21(2)30/h10-11,13-18H,3-9,12,19-20H2,1-2H3,(H,27,30). The van der Waals surface area contributed by atoms with Gasteiger partial charge in [-0.15, -0.1) is 0 Å². The predicted molar refractivity (Wildman–Crippen MR) is 134 cm³/mol. The third kappa shape index (κ3) is 7.16. The van der Waals surface area contributed by atoms with Gasteiger partial charge in [-0.05, 0) is 42.8 Å². The first-order valence-corrected chi connectivity index (χ1v) is 13.6. The van der Waals surface area contributed by atoms with Crippen molar-refractivity contribution in [2.45, 2.75) is 82.4 Å². The molecule has 0 unspecified atom stereocenters. The topological polar surface area (TPSA) is 81.1 Å². The van der Waals surface area contributed by atoms with Crippen LogP contribution in [0.15, 0.2) is 53.4 Å². The van der Waals surface area contributed by atoms with Crippen molar-refractivity contribution < 1.29 is 13.2 Å². The highest BCUT2D eigenvalue weighted by Gasteiger charge is 2.20. The van der Waals surface area contributed by atoms with Gasteiger partial charge in [-0.2, -0.15) is 0 Å². The molecule has 7 heteroatoms. The Bertz CT molecular complexity index is 1150. The highest BCUT2D eigenvalue weighted by atomic mass is 32.2. The van der Waals surface area contributed by atoms with Crippen molar-refractivity contribution in [3.05, 3.63) is 54.4 Å². The molecule has 1 heterocycles. The minimum absolute atomic E-state index is 0.155. The Labute approximate surface area is 197 Å². The smallest absolute Gasteiger partial charge is 0.221 e. The number of sulfone groups is 1. The third-order valence-corrected chi connectivity index (χ3v) is 7.45. The molecule has 0 aliphatic heterocycles. The number of aromatic nitrogens is 2. The van der Waals surface area contributed by atoms with Gasteiger partial charge in [0.25, 0.3) is 0 Å². The Kier molecular flexibility index (Phi) is 9.06. The molecule has 0 radical (unpaired) electrons. The van der Waals surface area contributed by atoms with Crippen molar-refractivity contribution in [2.24, 2.45) is 0 Å². The number of hydrogen-bond donors (Lipinski definition) is 1. The molecule has 178 valence electrons. The maximum atomic E-state index is 13.1. The molecule has 0 fully saturated rings. The molecule has 0 saturated carbocycles. The molecule has 1 amide bonds. The van der Waals surface area contributed by atoms with E-state index in [-0.39, 0.29) is 16.6 Å².